The highest BCUT2D eigenvalue weighted by molar-refractivity contribution is 5.91. The molecule has 2 fully saturated rings. The molecule has 162 valence electrons. The summed E-state index contributed by atoms with van der Waals surface area (Å²) >= 11 is 0. The third-order valence-electron chi connectivity index (χ3n) is 6.37. The molecule has 0 radical (unpaired) electrons. The summed E-state index contributed by atoms with van der Waals surface area (Å²) in [6.07, 6.45) is 2.52. The Morgan fingerprint density at radius 2 is 2.10 bits per heavy atom. The van der Waals surface area contributed by atoms with Crippen molar-refractivity contribution in [3.63, 3.8) is 0 Å². The van der Waals surface area contributed by atoms with Gasteiger partial charge < -0.3 is 20.9 Å². The standard InChI is InChI=1S/C23H34N6O/c1-15(2)9-17(11-20(30)24-4)26-21-18-6-5-16(3)10-19(18)27-22(28-21)29-8-7-23(14-29)12-25-13-23/h5-6,10,15,17,25H,7-9,11-14H2,1-4H3,(H,24,30)(H,26,27,28)/t17-/m0/s1. The first-order valence-electron chi connectivity index (χ1n) is 11.1. The van der Waals surface area contributed by atoms with Gasteiger partial charge >= 0.3 is 0 Å². The van der Waals surface area contributed by atoms with E-state index in [1.807, 2.05) is 0 Å². The fourth-order valence-corrected chi connectivity index (χ4v) is 4.63. The van der Waals surface area contributed by atoms with Crippen LogP contribution in [-0.4, -0.2) is 55.1 Å². The maximum atomic E-state index is 12.1. The van der Waals surface area contributed by atoms with Crippen molar-refractivity contribution in [3.05, 3.63) is 23.8 Å². The minimum atomic E-state index is 0.0259. The second-order valence-electron chi connectivity index (χ2n) is 9.52. The zero-order chi connectivity index (χ0) is 21.3. The average Bonchev–Trinajstić information content (AvgIpc) is 3.13. The number of carbonyl (C=O) groups is 1. The van der Waals surface area contributed by atoms with Crippen LogP contribution >= 0.6 is 0 Å². The molecule has 4 rings (SSSR count). The molecule has 1 amide bonds. The summed E-state index contributed by atoms with van der Waals surface area (Å²) in [7, 11) is 1.69. The van der Waals surface area contributed by atoms with Crippen LogP contribution < -0.4 is 20.9 Å². The normalized spacial score (nSPS) is 18.6. The number of rotatable bonds is 7. The molecule has 3 heterocycles. The van der Waals surface area contributed by atoms with E-state index in [1.54, 1.807) is 7.05 Å². The molecule has 0 bridgehead atoms. The molecule has 0 saturated carbocycles. The number of nitrogens with zero attached hydrogens (tertiary/aromatic N) is 3. The van der Waals surface area contributed by atoms with E-state index >= 15 is 0 Å². The van der Waals surface area contributed by atoms with Gasteiger partial charge in [-0.05, 0) is 43.4 Å². The van der Waals surface area contributed by atoms with Crippen LogP contribution in [0.4, 0.5) is 11.8 Å². The quantitative estimate of drug-likeness (QED) is 0.651. The molecule has 2 aromatic rings. The van der Waals surface area contributed by atoms with Crippen molar-refractivity contribution in [1.29, 1.82) is 0 Å². The minimum Gasteiger partial charge on any atom is -0.366 e. The van der Waals surface area contributed by atoms with Crippen LogP contribution in [-0.2, 0) is 4.79 Å². The van der Waals surface area contributed by atoms with E-state index in [1.165, 1.54) is 12.0 Å². The van der Waals surface area contributed by atoms with Crippen LogP contribution in [0.1, 0.15) is 38.7 Å². The van der Waals surface area contributed by atoms with Crippen molar-refractivity contribution in [3.8, 4) is 0 Å². The van der Waals surface area contributed by atoms with Crippen molar-refractivity contribution in [2.45, 2.75) is 46.1 Å². The molecule has 7 nitrogen and oxygen atoms in total. The lowest BCUT2D eigenvalue weighted by molar-refractivity contribution is -0.120. The summed E-state index contributed by atoms with van der Waals surface area (Å²) < 4.78 is 0. The lowest BCUT2D eigenvalue weighted by Crippen LogP contribution is -2.54. The number of nitrogens with one attached hydrogen (secondary N) is 3. The number of anilines is 2. The van der Waals surface area contributed by atoms with Crippen molar-refractivity contribution in [2.24, 2.45) is 11.3 Å². The molecule has 2 aliphatic heterocycles. The molecule has 30 heavy (non-hydrogen) atoms. The van der Waals surface area contributed by atoms with Crippen molar-refractivity contribution < 1.29 is 4.79 Å². The topological polar surface area (TPSA) is 82.2 Å². The van der Waals surface area contributed by atoms with Gasteiger partial charge in [-0.2, -0.15) is 4.98 Å². The molecule has 2 aliphatic rings. The molecule has 0 aliphatic carbocycles. The van der Waals surface area contributed by atoms with Gasteiger partial charge in [0.1, 0.15) is 5.82 Å². The van der Waals surface area contributed by atoms with Crippen LogP contribution in [0.15, 0.2) is 18.2 Å². The fourth-order valence-electron chi connectivity index (χ4n) is 4.63. The van der Waals surface area contributed by atoms with Crippen LogP contribution in [0, 0.1) is 18.3 Å². The molecule has 1 spiro atoms. The highest BCUT2D eigenvalue weighted by Crippen LogP contribution is 2.36. The zero-order valence-electron chi connectivity index (χ0n) is 18.6. The van der Waals surface area contributed by atoms with Crippen molar-refractivity contribution in [1.82, 2.24) is 20.6 Å². The van der Waals surface area contributed by atoms with Gasteiger partial charge in [-0.1, -0.05) is 19.9 Å². The summed E-state index contributed by atoms with van der Waals surface area (Å²) in [4.78, 5) is 24.3. The number of aromatic nitrogens is 2. The number of aryl methyl sites for hydroxylation is 1. The van der Waals surface area contributed by atoms with Gasteiger partial charge in [0.2, 0.25) is 11.9 Å². The van der Waals surface area contributed by atoms with Gasteiger partial charge in [0.15, 0.2) is 0 Å². The van der Waals surface area contributed by atoms with E-state index in [-0.39, 0.29) is 11.9 Å². The number of benzene rings is 1. The smallest absolute Gasteiger partial charge is 0.227 e. The number of carbonyl (C=O) groups excluding carboxylic acids is 1. The Morgan fingerprint density at radius 1 is 1.30 bits per heavy atom. The molecular weight excluding hydrogens is 376 g/mol. The number of hydrogen-bond acceptors (Lipinski definition) is 6. The molecule has 1 atom stereocenters. The maximum absolute atomic E-state index is 12.1. The molecule has 2 saturated heterocycles. The lowest BCUT2D eigenvalue weighted by atomic mass is 9.81. The van der Waals surface area contributed by atoms with E-state index in [9.17, 15) is 4.79 Å². The van der Waals surface area contributed by atoms with Gasteiger partial charge in [-0.3, -0.25) is 4.79 Å². The Kier molecular flexibility index (Phi) is 5.82. The Balaban J connectivity index is 1.67. The number of amides is 1. The molecule has 3 N–H and O–H groups in total. The van der Waals surface area contributed by atoms with E-state index in [0.717, 1.165) is 55.3 Å². The molecule has 0 unspecified atom stereocenters. The van der Waals surface area contributed by atoms with Crippen LogP contribution in [0.25, 0.3) is 10.9 Å². The maximum Gasteiger partial charge on any atom is 0.227 e. The predicted molar refractivity (Wildman–Crippen MR) is 122 cm³/mol. The van der Waals surface area contributed by atoms with Crippen LogP contribution in [0.2, 0.25) is 0 Å². The Hall–Kier alpha value is -2.41. The van der Waals surface area contributed by atoms with Crippen molar-refractivity contribution in [2.75, 3.05) is 43.4 Å². The zero-order valence-corrected chi connectivity index (χ0v) is 18.6. The number of hydrogen-bond donors (Lipinski definition) is 3. The fraction of sp³-hybridized carbons (Fsp3) is 0.609. The summed E-state index contributed by atoms with van der Waals surface area (Å²) in [5, 5.41) is 10.8. The predicted octanol–water partition coefficient (Wildman–Crippen LogP) is 2.70. The molecule has 1 aromatic heterocycles. The Morgan fingerprint density at radius 3 is 2.73 bits per heavy atom. The van der Waals surface area contributed by atoms with Crippen LogP contribution in [0.5, 0.6) is 0 Å². The molecule has 1 aromatic carbocycles. The second-order valence-corrected chi connectivity index (χ2v) is 9.52. The monoisotopic (exact) mass is 410 g/mol. The van der Waals surface area contributed by atoms with Gasteiger partial charge in [0.05, 0.1) is 5.52 Å². The third-order valence-corrected chi connectivity index (χ3v) is 6.37. The molecule has 7 heteroatoms. The highest BCUT2D eigenvalue weighted by Gasteiger charge is 2.43. The summed E-state index contributed by atoms with van der Waals surface area (Å²) in [6, 6.07) is 6.33. The van der Waals surface area contributed by atoms with Crippen LogP contribution in [0.3, 0.4) is 0 Å². The minimum absolute atomic E-state index is 0.0259. The second kappa shape index (κ2) is 8.38. The summed E-state index contributed by atoms with van der Waals surface area (Å²) in [5.41, 5.74) is 2.53. The van der Waals surface area contributed by atoms with E-state index < -0.39 is 0 Å². The first-order valence-corrected chi connectivity index (χ1v) is 11.1. The first-order chi connectivity index (χ1) is 14.4. The van der Waals surface area contributed by atoms with Gasteiger partial charge in [0.25, 0.3) is 0 Å². The third kappa shape index (κ3) is 4.36. The van der Waals surface area contributed by atoms with E-state index in [0.29, 0.717) is 17.8 Å². The number of fused-ring (bicyclic) bond motifs is 1. The summed E-state index contributed by atoms with van der Waals surface area (Å²) in [5.74, 6) is 2.15. The average molecular weight is 411 g/mol. The Bertz CT molecular complexity index is 923. The first kappa shape index (κ1) is 20.8. The largest absolute Gasteiger partial charge is 0.366 e. The van der Waals surface area contributed by atoms with E-state index in [2.05, 4.69) is 59.8 Å². The van der Waals surface area contributed by atoms with Crippen molar-refractivity contribution >= 4 is 28.6 Å². The molecular formula is C23H34N6O. The van der Waals surface area contributed by atoms with Gasteiger partial charge in [-0.15, -0.1) is 0 Å². The van der Waals surface area contributed by atoms with Gasteiger partial charge in [-0.25, -0.2) is 4.98 Å². The summed E-state index contributed by atoms with van der Waals surface area (Å²) in [6.45, 7) is 10.6. The SMILES string of the molecule is CNC(=O)C[C@H](CC(C)C)Nc1nc(N2CCC3(CNC3)C2)nc2cc(C)ccc12. The lowest BCUT2D eigenvalue weighted by Gasteiger charge is -2.39. The Labute approximate surface area is 179 Å². The highest BCUT2D eigenvalue weighted by atomic mass is 16.1. The van der Waals surface area contributed by atoms with E-state index in [4.69, 9.17) is 9.97 Å². The van der Waals surface area contributed by atoms with Gasteiger partial charge in [0, 0.05) is 56.5 Å².